The maximum atomic E-state index is 5.97. The highest BCUT2D eigenvalue weighted by Gasteiger charge is 2.09. The van der Waals surface area contributed by atoms with Crippen molar-refractivity contribution in [2.45, 2.75) is 0 Å². The number of fused-ring (bicyclic) bond motifs is 1. The quantitative estimate of drug-likeness (QED) is 0.798. The van der Waals surface area contributed by atoms with Crippen molar-refractivity contribution in [2.75, 3.05) is 19.5 Å². The van der Waals surface area contributed by atoms with Gasteiger partial charge in [0.05, 0.1) is 14.2 Å². The second-order valence-corrected chi connectivity index (χ2v) is 4.51. The highest BCUT2D eigenvalue weighted by atomic mass is 35.5. The average molecular weight is 306 g/mol. The SMILES string of the molecule is COc1cc(Nc2nc3c(Cl)nccn3n2)cc(OC)c1. The molecule has 3 aromatic rings. The summed E-state index contributed by atoms with van der Waals surface area (Å²) in [7, 11) is 3.18. The Morgan fingerprint density at radius 1 is 1.14 bits per heavy atom. The number of hydrogen-bond donors (Lipinski definition) is 1. The number of aromatic nitrogens is 4. The number of nitrogens with zero attached hydrogens (tertiary/aromatic N) is 4. The highest BCUT2D eigenvalue weighted by Crippen LogP contribution is 2.27. The van der Waals surface area contributed by atoms with Crippen molar-refractivity contribution in [2.24, 2.45) is 0 Å². The van der Waals surface area contributed by atoms with E-state index in [1.807, 2.05) is 12.1 Å². The summed E-state index contributed by atoms with van der Waals surface area (Å²) in [5.74, 6) is 1.74. The monoisotopic (exact) mass is 305 g/mol. The fraction of sp³-hybridized carbons (Fsp3) is 0.154. The molecule has 0 aliphatic rings. The summed E-state index contributed by atoms with van der Waals surface area (Å²) in [6, 6.07) is 5.41. The topological polar surface area (TPSA) is 73.6 Å². The Hall–Kier alpha value is -2.54. The van der Waals surface area contributed by atoms with Crippen LogP contribution in [0.5, 0.6) is 11.5 Å². The van der Waals surface area contributed by atoms with Gasteiger partial charge in [0.15, 0.2) is 10.8 Å². The molecule has 0 unspecified atom stereocenters. The van der Waals surface area contributed by atoms with Gasteiger partial charge in [0.2, 0.25) is 5.95 Å². The van der Waals surface area contributed by atoms with E-state index in [2.05, 4.69) is 20.4 Å². The lowest BCUT2D eigenvalue weighted by Crippen LogP contribution is -1.95. The zero-order valence-corrected chi connectivity index (χ0v) is 12.1. The third-order valence-corrected chi connectivity index (χ3v) is 3.09. The lowest BCUT2D eigenvalue weighted by Gasteiger charge is -2.08. The maximum Gasteiger partial charge on any atom is 0.247 e. The first-order valence-electron chi connectivity index (χ1n) is 6.06. The lowest BCUT2D eigenvalue weighted by molar-refractivity contribution is 0.395. The molecule has 0 aliphatic heterocycles. The van der Waals surface area contributed by atoms with Crippen LogP contribution in [-0.2, 0) is 0 Å². The minimum absolute atomic E-state index is 0.293. The molecular weight excluding hydrogens is 294 g/mol. The van der Waals surface area contributed by atoms with Crippen LogP contribution in [-0.4, -0.2) is 33.8 Å². The lowest BCUT2D eigenvalue weighted by atomic mass is 10.3. The van der Waals surface area contributed by atoms with E-state index < -0.39 is 0 Å². The molecule has 108 valence electrons. The number of nitrogens with one attached hydrogen (secondary N) is 1. The molecule has 0 bridgehead atoms. The number of hydrogen-bond acceptors (Lipinski definition) is 6. The molecule has 1 N–H and O–H groups in total. The van der Waals surface area contributed by atoms with E-state index in [9.17, 15) is 0 Å². The van der Waals surface area contributed by atoms with Gasteiger partial charge < -0.3 is 14.8 Å². The summed E-state index contributed by atoms with van der Waals surface area (Å²) < 4.78 is 12.0. The molecule has 0 amide bonds. The molecule has 7 nitrogen and oxygen atoms in total. The van der Waals surface area contributed by atoms with Crippen LogP contribution in [0.25, 0.3) is 5.65 Å². The molecule has 8 heteroatoms. The van der Waals surface area contributed by atoms with Gasteiger partial charge in [0.25, 0.3) is 0 Å². The summed E-state index contributed by atoms with van der Waals surface area (Å²) in [6.45, 7) is 0. The standard InChI is InChI=1S/C13H12ClN5O2/c1-20-9-5-8(6-10(7-9)21-2)16-13-17-12-11(14)15-3-4-19(12)18-13/h3-7H,1-2H3,(H,16,18). The number of anilines is 2. The molecule has 2 heterocycles. The van der Waals surface area contributed by atoms with Crippen molar-refractivity contribution in [1.82, 2.24) is 19.6 Å². The Kier molecular flexibility index (Phi) is 3.49. The van der Waals surface area contributed by atoms with E-state index in [1.165, 1.54) is 0 Å². The van der Waals surface area contributed by atoms with E-state index >= 15 is 0 Å². The minimum atomic E-state index is 0.293. The zero-order chi connectivity index (χ0) is 14.8. The Balaban J connectivity index is 1.96. The van der Waals surface area contributed by atoms with E-state index in [-0.39, 0.29) is 0 Å². The second-order valence-electron chi connectivity index (χ2n) is 4.15. The van der Waals surface area contributed by atoms with Crippen LogP contribution < -0.4 is 14.8 Å². The average Bonchev–Trinajstić information content (AvgIpc) is 2.90. The Morgan fingerprint density at radius 3 is 2.48 bits per heavy atom. The molecule has 21 heavy (non-hydrogen) atoms. The molecule has 0 aliphatic carbocycles. The summed E-state index contributed by atoms with van der Waals surface area (Å²) in [5, 5.41) is 7.64. The van der Waals surface area contributed by atoms with Crippen molar-refractivity contribution in [3.8, 4) is 11.5 Å². The van der Waals surface area contributed by atoms with Crippen molar-refractivity contribution in [3.63, 3.8) is 0 Å². The summed E-state index contributed by atoms with van der Waals surface area (Å²) in [5.41, 5.74) is 1.22. The maximum absolute atomic E-state index is 5.97. The van der Waals surface area contributed by atoms with Crippen LogP contribution in [0.2, 0.25) is 5.15 Å². The van der Waals surface area contributed by atoms with Crippen molar-refractivity contribution in [3.05, 3.63) is 35.7 Å². The van der Waals surface area contributed by atoms with Gasteiger partial charge in [-0.3, -0.25) is 0 Å². The number of methoxy groups -OCH3 is 2. The van der Waals surface area contributed by atoms with E-state index in [0.29, 0.717) is 28.2 Å². The largest absolute Gasteiger partial charge is 0.497 e. The van der Waals surface area contributed by atoms with Gasteiger partial charge in [0.1, 0.15) is 11.5 Å². The summed E-state index contributed by atoms with van der Waals surface area (Å²) in [6.07, 6.45) is 3.23. The summed E-state index contributed by atoms with van der Waals surface area (Å²) in [4.78, 5) is 8.24. The van der Waals surface area contributed by atoms with Crippen LogP contribution in [0.1, 0.15) is 0 Å². The normalized spacial score (nSPS) is 10.6. The Labute approximate surface area is 125 Å². The third kappa shape index (κ3) is 2.68. The molecule has 3 rings (SSSR count). The van der Waals surface area contributed by atoms with E-state index in [1.54, 1.807) is 37.2 Å². The predicted octanol–water partition coefficient (Wildman–Crippen LogP) is 2.54. The van der Waals surface area contributed by atoms with Crippen molar-refractivity contribution >= 4 is 28.9 Å². The van der Waals surface area contributed by atoms with Crippen LogP contribution in [0.4, 0.5) is 11.6 Å². The molecule has 0 fully saturated rings. The predicted molar refractivity (Wildman–Crippen MR) is 78.6 cm³/mol. The molecule has 2 aromatic heterocycles. The molecule has 0 saturated heterocycles. The number of ether oxygens (including phenoxy) is 2. The molecular formula is C13H12ClN5O2. The van der Waals surface area contributed by atoms with Crippen LogP contribution in [0.3, 0.4) is 0 Å². The second kappa shape index (κ2) is 5.45. The van der Waals surface area contributed by atoms with Gasteiger partial charge in [-0.1, -0.05) is 11.6 Å². The van der Waals surface area contributed by atoms with Gasteiger partial charge in [-0.25, -0.2) is 9.50 Å². The number of halogens is 1. The molecule has 0 spiro atoms. The fourth-order valence-corrected chi connectivity index (χ4v) is 2.03. The van der Waals surface area contributed by atoms with Gasteiger partial charge in [-0.15, -0.1) is 5.10 Å². The minimum Gasteiger partial charge on any atom is -0.497 e. The van der Waals surface area contributed by atoms with Crippen LogP contribution in [0.15, 0.2) is 30.6 Å². The molecule has 0 atom stereocenters. The Morgan fingerprint density at radius 2 is 1.86 bits per heavy atom. The third-order valence-electron chi connectivity index (χ3n) is 2.82. The van der Waals surface area contributed by atoms with Crippen LogP contribution in [0, 0.1) is 0 Å². The molecule has 1 aromatic carbocycles. The first kappa shape index (κ1) is 13.4. The smallest absolute Gasteiger partial charge is 0.247 e. The molecule has 0 radical (unpaired) electrons. The van der Waals surface area contributed by atoms with Gasteiger partial charge in [-0.05, 0) is 0 Å². The van der Waals surface area contributed by atoms with Gasteiger partial charge in [0, 0.05) is 36.3 Å². The first-order valence-corrected chi connectivity index (χ1v) is 6.44. The van der Waals surface area contributed by atoms with E-state index in [0.717, 1.165) is 5.69 Å². The number of benzene rings is 1. The van der Waals surface area contributed by atoms with Gasteiger partial charge in [-0.2, -0.15) is 4.98 Å². The van der Waals surface area contributed by atoms with Crippen molar-refractivity contribution < 1.29 is 9.47 Å². The summed E-state index contributed by atoms with van der Waals surface area (Å²) >= 11 is 5.97. The zero-order valence-electron chi connectivity index (χ0n) is 11.4. The fourth-order valence-electron chi connectivity index (χ4n) is 1.85. The van der Waals surface area contributed by atoms with Crippen LogP contribution >= 0.6 is 11.6 Å². The highest BCUT2D eigenvalue weighted by molar-refractivity contribution is 6.32. The Bertz CT molecular complexity index is 767. The van der Waals surface area contributed by atoms with Crippen molar-refractivity contribution in [1.29, 1.82) is 0 Å². The number of rotatable bonds is 4. The first-order chi connectivity index (χ1) is 10.2. The van der Waals surface area contributed by atoms with Gasteiger partial charge >= 0.3 is 0 Å². The van der Waals surface area contributed by atoms with E-state index in [4.69, 9.17) is 21.1 Å². The molecule has 0 saturated carbocycles.